The largest absolute Gasteiger partial charge is 0.497 e. The Morgan fingerprint density at radius 1 is 1.17 bits per heavy atom. The maximum absolute atomic E-state index is 12.7. The number of aliphatic imine (C=N–C) groups is 1. The van der Waals surface area contributed by atoms with Gasteiger partial charge in [-0.2, -0.15) is 13.2 Å². The molecule has 0 radical (unpaired) electrons. The fraction of sp³-hybridized carbons (Fsp3) is 0.273. The maximum atomic E-state index is 12.7. The molecule has 158 valence electrons. The number of carbonyl (C=O) groups is 1. The lowest BCUT2D eigenvalue weighted by Crippen LogP contribution is -2.41. The van der Waals surface area contributed by atoms with Gasteiger partial charge in [0.1, 0.15) is 5.75 Å². The molecule has 0 aromatic heterocycles. The average Bonchev–Trinajstić information content (AvgIpc) is 2.74. The molecule has 0 saturated heterocycles. The van der Waals surface area contributed by atoms with Gasteiger partial charge in [0.25, 0.3) is 5.91 Å². The van der Waals surface area contributed by atoms with Crippen LogP contribution in [0.4, 0.5) is 18.9 Å². The number of rotatable bonds is 4. The van der Waals surface area contributed by atoms with Crippen LogP contribution in [0.5, 0.6) is 5.75 Å². The molecule has 0 heterocycles. The predicted octanol–water partition coefficient (Wildman–Crippen LogP) is 4.61. The van der Waals surface area contributed by atoms with Crippen LogP contribution in [0.15, 0.2) is 65.3 Å². The van der Waals surface area contributed by atoms with E-state index in [1.54, 1.807) is 19.2 Å². The zero-order valence-corrected chi connectivity index (χ0v) is 16.4. The molecular formula is C22H22F3N3O2. The van der Waals surface area contributed by atoms with Crippen LogP contribution < -0.4 is 15.8 Å². The van der Waals surface area contributed by atoms with Crippen LogP contribution in [0.25, 0.3) is 0 Å². The lowest BCUT2D eigenvalue weighted by atomic mass is 9.88. The van der Waals surface area contributed by atoms with E-state index in [0.717, 1.165) is 35.7 Å². The van der Waals surface area contributed by atoms with Crippen LogP contribution >= 0.6 is 0 Å². The number of carbonyl (C=O) groups excluding carboxylic acids is 1. The van der Waals surface area contributed by atoms with E-state index >= 15 is 0 Å². The summed E-state index contributed by atoms with van der Waals surface area (Å²) in [5.74, 6) is 0.262. The Kier molecular flexibility index (Phi) is 6.44. The minimum absolute atomic E-state index is 0.151. The van der Waals surface area contributed by atoms with E-state index in [9.17, 15) is 18.0 Å². The second-order valence-electron chi connectivity index (χ2n) is 6.87. The van der Waals surface area contributed by atoms with Gasteiger partial charge < -0.3 is 15.8 Å². The van der Waals surface area contributed by atoms with Crippen molar-refractivity contribution in [1.82, 2.24) is 5.32 Å². The number of nitrogens with two attached hydrogens (primary N) is 1. The number of benzene rings is 2. The molecule has 1 fully saturated rings. The normalized spacial score (nSPS) is 19.7. The van der Waals surface area contributed by atoms with Crippen LogP contribution in [-0.2, 0) is 6.18 Å². The third kappa shape index (κ3) is 5.00. The number of ether oxygens (including phenoxy) is 1. The van der Waals surface area contributed by atoms with Gasteiger partial charge >= 0.3 is 6.18 Å². The van der Waals surface area contributed by atoms with Gasteiger partial charge in [-0.1, -0.05) is 0 Å². The van der Waals surface area contributed by atoms with Gasteiger partial charge in [-0.15, -0.1) is 0 Å². The topological polar surface area (TPSA) is 76.7 Å². The molecule has 0 bridgehead atoms. The molecule has 30 heavy (non-hydrogen) atoms. The first-order chi connectivity index (χ1) is 14.3. The SMILES string of the molecule is COc1ccc(N=C2CCCC(NC(=O)c3ccc(C(F)(F)F)cc3)/C2=C/N)cc1. The Labute approximate surface area is 172 Å². The van der Waals surface area contributed by atoms with Crippen molar-refractivity contribution in [1.29, 1.82) is 0 Å². The van der Waals surface area contributed by atoms with Crippen LogP contribution in [-0.4, -0.2) is 24.8 Å². The van der Waals surface area contributed by atoms with E-state index in [0.29, 0.717) is 18.4 Å². The molecule has 0 spiro atoms. The standard InChI is InChI=1S/C22H22F3N3O2/c1-30-17-11-9-16(10-12-17)27-19-3-2-4-20(18(19)13-26)28-21(29)14-5-7-15(8-6-14)22(23,24)25/h5-13,20H,2-4,26H2,1H3,(H,28,29)/b18-13+,27-19?. The van der Waals surface area contributed by atoms with Gasteiger partial charge in [0.05, 0.1) is 24.4 Å². The summed E-state index contributed by atoms with van der Waals surface area (Å²) in [6, 6.07) is 11.0. The zero-order chi connectivity index (χ0) is 21.7. The summed E-state index contributed by atoms with van der Waals surface area (Å²) in [5.41, 5.74) is 7.39. The van der Waals surface area contributed by atoms with Crippen molar-refractivity contribution in [2.75, 3.05) is 7.11 Å². The minimum Gasteiger partial charge on any atom is -0.497 e. The number of nitrogens with zero attached hydrogens (tertiary/aromatic N) is 1. The lowest BCUT2D eigenvalue weighted by molar-refractivity contribution is -0.137. The molecule has 1 saturated carbocycles. The van der Waals surface area contributed by atoms with Crippen molar-refractivity contribution in [3.8, 4) is 5.75 Å². The van der Waals surface area contributed by atoms with Crippen molar-refractivity contribution in [3.63, 3.8) is 0 Å². The van der Waals surface area contributed by atoms with Crippen molar-refractivity contribution >= 4 is 17.3 Å². The highest BCUT2D eigenvalue weighted by molar-refractivity contribution is 6.04. The van der Waals surface area contributed by atoms with Crippen molar-refractivity contribution in [2.24, 2.45) is 10.7 Å². The number of hydrogen-bond donors (Lipinski definition) is 2. The molecule has 3 N–H and O–H groups in total. The molecule has 1 atom stereocenters. The molecular weight excluding hydrogens is 395 g/mol. The first-order valence-corrected chi connectivity index (χ1v) is 9.43. The maximum Gasteiger partial charge on any atom is 0.416 e. The summed E-state index contributed by atoms with van der Waals surface area (Å²) < 4.78 is 43.3. The predicted molar refractivity (Wildman–Crippen MR) is 109 cm³/mol. The Balaban J connectivity index is 1.75. The smallest absolute Gasteiger partial charge is 0.416 e. The number of hydrogen-bond acceptors (Lipinski definition) is 4. The molecule has 5 nitrogen and oxygen atoms in total. The fourth-order valence-electron chi connectivity index (χ4n) is 3.32. The fourth-order valence-corrected chi connectivity index (χ4v) is 3.32. The Bertz CT molecular complexity index is 949. The third-order valence-electron chi connectivity index (χ3n) is 4.91. The number of alkyl halides is 3. The molecule has 8 heteroatoms. The van der Waals surface area contributed by atoms with Crippen molar-refractivity contribution in [2.45, 2.75) is 31.5 Å². The highest BCUT2D eigenvalue weighted by Gasteiger charge is 2.30. The third-order valence-corrected chi connectivity index (χ3v) is 4.91. The zero-order valence-electron chi connectivity index (χ0n) is 16.4. The summed E-state index contributed by atoms with van der Waals surface area (Å²) in [5, 5.41) is 2.86. The molecule has 0 aliphatic heterocycles. The van der Waals surface area contributed by atoms with Crippen LogP contribution in [0.1, 0.15) is 35.2 Å². The Morgan fingerprint density at radius 2 is 1.83 bits per heavy atom. The van der Waals surface area contributed by atoms with Crippen molar-refractivity contribution in [3.05, 3.63) is 71.4 Å². The van der Waals surface area contributed by atoms with Crippen LogP contribution in [0, 0.1) is 0 Å². The van der Waals surface area contributed by atoms with Crippen LogP contribution in [0.3, 0.4) is 0 Å². The van der Waals surface area contributed by atoms with Gasteiger partial charge in [-0.3, -0.25) is 9.79 Å². The molecule has 2 aromatic rings. The summed E-state index contributed by atoms with van der Waals surface area (Å²) in [7, 11) is 1.58. The summed E-state index contributed by atoms with van der Waals surface area (Å²) in [4.78, 5) is 17.2. The summed E-state index contributed by atoms with van der Waals surface area (Å²) in [6.07, 6.45) is -0.844. The Morgan fingerprint density at radius 3 is 2.40 bits per heavy atom. The first-order valence-electron chi connectivity index (χ1n) is 9.43. The van der Waals surface area contributed by atoms with Crippen molar-refractivity contribution < 1.29 is 22.7 Å². The second kappa shape index (κ2) is 9.02. The van der Waals surface area contributed by atoms with E-state index in [4.69, 9.17) is 10.5 Å². The van der Waals surface area contributed by atoms with Gasteiger partial charge in [0, 0.05) is 23.0 Å². The van der Waals surface area contributed by atoms with E-state index in [-0.39, 0.29) is 11.6 Å². The van der Waals surface area contributed by atoms with E-state index in [1.807, 2.05) is 12.1 Å². The second-order valence-corrected chi connectivity index (χ2v) is 6.87. The van der Waals surface area contributed by atoms with Crippen LogP contribution in [0.2, 0.25) is 0 Å². The highest BCUT2D eigenvalue weighted by Crippen LogP contribution is 2.29. The number of halogens is 3. The van der Waals surface area contributed by atoms with Gasteiger partial charge in [-0.25, -0.2) is 0 Å². The van der Waals surface area contributed by atoms with E-state index in [2.05, 4.69) is 10.3 Å². The average molecular weight is 417 g/mol. The summed E-state index contributed by atoms with van der Waals surface area (Å²) >= 11 is 0. The lowest BCUT2D eigenvalue weighted by Gasteiger charge is -2.27. The first kappa shape index (κ1) is 21.4. The van der Waals surface area contributed by atoms with Gasteiger partial charge in [0.15, 0.2) is 0 Å². The molecule has 3 rings (SSSR count). The highest BCUT2D eigenvalue weighted by atomic mass is 19.4. The summed E-state index contributed by atoms with van der Waals surface area (Å²) in [6.45, 7) is 0. The molecule has 1 unspecified atom stereocenters. The quantitative estimate of drug-likeness (QED) is 0.763. The molecule has 1 amide bonds. The number of nitrogens with one attached hydrogen (secondary N) is 1. The molecule has 1 aliphatic rings. The molecule has 2 aromatic carbocycles. The monoisotopic (exact) mass is 417 g/mol. The molecule has 1 aliphatic carbocycles. The van der Waals surface area contributed by atoms with E-state index in [1.165, 1.54) is 18.3 Å². The number of amides is 1. The minimum atomic E-state index is -4.44. The Hall–Kier alpha value is -3.29. The number of methoxy groups -OCH3 is 1. The van der Waals surface area contributed by atoms with Gasteiger partial charge in [-0.05, 0) is 67.8 Å². The van der Waals surface area contributed by atoms with E-state index < -0.39 is 17.6 Å². The van der Waals surface area contributed by atoms with Gasteiger partial charge in [0.2, 0.25) is 0 Å².